The van der Waals surface area contributed by atoms with Gasteiger partial charge in [-0.2, -0.15) is 5.10 Å². The van der Waals surface area contributed by atoms with Crippen LogP contribution in [0.25, 0.3) is 5.65 Å². The summed E-state index contributed by atoms with van der Waals surface area (Å²) < 4.78 is 1.89. The number of carbonyl (C=O) groups is 2. The van der Waals surface area contributed by atoms with Gasteiger partial charge in [0.05, 0.1) is 12.1 Å². The molecule has 4 rings (SSSR count). The molecule has 1 aliphatic rings. The number of fused-ring (bicyclic) bond motifs is 1. The fourth-order valence-corrected chi connectivity index (χ4v) is 4.56. The molecule has 0 aromatic carbocycles. The predicted octanol–water partition coefficient (Wildman–Crippen LogP) is 2.76. The highest BCUT2D eigenvalue weighted by atomic mass is 16.2. The van der Waals surface area contributed by atoms with Crippen LogP contribution < -0.4 is 5.32 Å². The van der Waals surface area contributed by atoms with Crippen LogP contribution in [-0.2, 0) is 22.4 Å². The average Bonchev–Trinajstić information content (AvgIpc) is 3.41. The quantitative estimate of drug-likeness (QED) is 0.600. The van der Waals surface area contributed by atoms with Crippen molar-refractivity contribution < 1.29 is 9.59 Å². The topological polar surface area (TPSA) is 92.5 Å². The third-order valence-electron chi connectivity index (χ3n) is 6.27. The van der Waals surface area contributed by atoms with E-state index in [9.17, 15) is 9.59 Å². The van der Waals surface area contributed by atoms with E-state index in [1.54, 1.807) is 12.4 Å². The number of likely N-dealkylation sites (tertiary alicyclic amines) is 1. The lowest BCUT2D eigenvalue weighted by atomic mass is 10.1. The Balaban J connectivity index is 1.46. The molecule has 8 heteroatoms. The number of nitrogens with zero attached hydrogens (tertiary/aromatic N) is 5. The molecular weight excluding hydrogens is 416 g/mol. The van der Waals surface area contributed by atoms with Gasteiger partial charge in [-0.15, -0.1) is 0 Å². The van der Waals surface area contributed by atoms with Crippen LogP contribution in [-0.4, -0.2) is 55.4 Å². The monoisotopic (exact) mass is 448 g/mol. The van der Waals surface area contributed by atoms with Gasteiger partial charge >= 0.3 is 0 Å². The van der Waals surface area contributed by atoms with Gasteiger partial charge in [0.1, 0.15) is 0 Å². The molecule has 1 aliphatic heterocycles. The maximum atomic E-state index is 12.7. The lowest BCUT2D eigenvalue weighted by Gasteiger charge is -2.16. The fourth-order valence-electron chi connectivity index (χ4n) is 4.56. The summed E-state index contributed by atoms with van der Waals surface area (Å²) in [6, 6.07) is 5.96. The fraction of sp³-hybridized carbons (Fsp3) is 0.480. The van der Waals surface area contributed by atoms with Crippen LogP contribution in [0.1, 0.15) is 60.8 Å². The highest BCUT2D eigenvalue weighted by Crippen LogP contribution is 2.28. The first kappa shape index (κ1) is 22.9. The van der Waals surface area contributed by atoms with E-state index in [0.717, 1.165) is 46.8 Å². The van der Waals surface area contributed by atoms with Gasteiger partial charge in [0.2, 0.25) is 11.8 Å². The molecule has 1 saturated heterocycles. The molecule has 0 saturated carbocycles. The van der Waals surface area contributed by atoms with E-state index in [2.05, 4.69) is 10.3 Å². The molecule has 2 amide bonds. The second-order valence-corrected chi connectivity index (χ2v) is 9.19. The van der Waals surface area contributed by atoms with Crippen molar-refractivity contribution >= 4 is 17.5 Å². The van der Waals surface area contributed by atoms with Crippen LogP contribution >= 0.6 is 0 Å². The summed E-state index contributed by atoms with van der Waals surface area (Å²) in [5.41, 5.74) is 5.73. The van der Waals surface area contributed by atoms with E-state index < -0.39 is 0 Å². The minimum atomic E-state index is 0.0482. The van der Waals surface area contributed by atoms with E-state index in [1.807, 2.05) is 55.3 Å². The van der Waals surface area contributed by atoms with Crippen LogP contribution in [0, 0.1) is 13.8 Å². The zero-order valence-electron chi connectivity index (χ0n) is 19.8. The van der Waals surface area contributed by atoms with E-state index in [4.69, 9.17) is 10.1 Å². The average molecular weight is 449 g/mol. The smallest absolute Gasteiger partial charge is 0.227 e. The molecule has 174 valence electrons. The Morgan fingerprint density at radius 3 is 2.82 bits per heavy atom. The molecule has 4 heterocycles. The van der Waals surface area contributed by atoms with E-state index in [-0.39, 0.29) is 23.8 Å². The number of rotatable bonds is 7. The second-order valence-electron chi connectivity index (χ2n) is 9.19. The van der Waals surface area contributed by atoms with Crippen molar-refractivity contribution in [2.75, 3.05) is 13.1 Å². The van der Waals surface area contributed by atoms with Gasteiger partial charge in [-0.05, 0) is 57.7 Å². The molecule has 0 spiro atoms. The van der Waals surface area contributed by atoms with Crippen molar-refractivity contribution in [1.29, 1.82) is 0 Å². The number of hydrogen-bond acceptors (Lipinski definition) is 5. The number of hydrogen-bond donors (Lipinski definition) is 1. The molecule has 1 atom stereocenters. The Kier molecular flexibility index (Phi) is 6.72. The van der Waals surface area contributed by atoms with Crippen molar-refractivity contribution in [2.24, 2.45) is 0 Å². The minimum absolute atomic E-state index is 0.0482. The molecule has 0 radical (unpaired) electrons. The summed E-state index contributed by atoms with van der Waals surface area (Å²) in [5, 5.41) is 7.80. The highest BCUT2D eigenvalue weighted by molar-refractivity contribution is 5.79. The SMILES string of the molecule is Cc1nc2cc([C@@H]3CCN(C(=O)Cc4cccnc4)C3)nn2c(C)c1CCC(=O)NC(C)C. The summed E-state index contributed by atoms with van der Waals surface area (Å²) in [6.45, 7) is 9.35. The zero-order chi connectivity index (χ0) is 23.5. The van der Waals surface area contributed by atoms with Gasteiger partial charge in [-0.25, -0.2) is 9.50 Å². The third kappa shape index (κ3) is 5.21. The Bertz CT molecular complexity index is 1150. The largest absolute Gasteiger partial charge is 0.354 e. The van der Waals surface area contributed by atoms with E-state index in [0.29, 0.717) is 25.8 Å². The maximum absolute atomic E-state index is 12.7. The Hall–Kier alpha value is -3.29. The second kappa shape index (κ2) is 9.68. The first-order chi connectivity index (χ1) is 15.8. The van der Waals surface area contributed by atoms with Crippen molar-refractivity contribution in [3.8, 4) is 0 Å². The summed E-state index contributed by atoms with van der Waals surface area (Å²) in [7, 11) is 0. The number of carbonyl (C=O) groups excluding carboxylic acids is 2. The van der Waals surface area contributed by atoms with Crippen molar-refractivity contribution in [3.05, 3.63) is 58.8 Å². The van der Waals surface area contributed by atoms with E-state index >= 15 is 0 Å². The van der Waals surface area contributed by atoms with Crippen LogP contribution in [0.15, 0.2) is 30.6 Å². The molecule has 1 fully saturated rings. The lowest BCUT2D eigenvalue weighted by Crippen LogP contribution is -2.30. The molecular formula is C25H32N6O2. The number of aromatic nitrogens is 4. The first-order valence-electron chi connectivity index (χ1n) is 11.6. The molecule has 3 aromatic rings. The van der Waals surface area contributed by atoms with Crippen LogP contribution in [0.3, 0.4) is 0 Å². The van der Waals surface area contributed by atoms with Gasteiger partial charge in [0.15, 0.2) is 5.65 Å². The normalized spacial score (nSPS) is 16.0. The zero-order valence-corrected chi connectivity index (χ0v) is 19.8. The van der Waals surface area contributed by atoms with Gasteiger partial charge in [0.25, 0.3) is 0 Å². The summed E-state index contributed by atoms with van der Waals surface area (Å²) >= 11 is 0. The molecule has 33 heavy (non-hydrogen) atoms. The van der Waals surface area contributed by atoms with Crippen molar-refractivity contribution in [3.63, 3.8) is 0 Å². The predicted molar refractivity (Wildman–Crippen MR) is 126 cm³/mol. The number of aryl methyl sites for hydroxylation is 2. The van der Waals surface area contributed by atoms with Crippen molar-refractivity contribution in [1.82, 2.24) is 29.8 Å². The number of pyridine rings is 1. The third-order valence-corrected chi connectivity index (χ3v) is 6.27. The molecule has 3 aromatic heterocycles. The number of amides is 2. The van der Waals surface area contributed by atoms with Gasteiger partial charge in [-0.1, -0.05) is 6.07 Å². The summed E-state index contributed by atoms with van der Waals surface area (Å²) in [5.74, 6) is 0.373. The Labute approximate surface area is 194 Å². The first-order valence-corrected chi connectivity index (χ1v) is 11.6. The van der Waals surface area contributed by atoms with Crippen LogP contribution in [0.5, 0.6) is 0 Å². The van der Waals surface area contributed by atoms with Crippen LogP contribution in [0.4, 0.5) is 0 Å². The molecule has 0 bridgehead atoms. The van der Waals surface area contributed by atoms with Crippen molar-refractivity contribution in [2.45, 2.75) is 65.3 Å². The maximum Gasteiger partial charge on any atom is 0.227 e. The standard InChI is InChI=1S/C25H32N6O2/c1-16(2)27-24(32)8-7-21-17(3)28-23-13-22(29-31(23)18(21)4)20-9-11-30(15-20)25(33)12-19-6-5-10-26-14-19/h5-6,10,13-14,16,20H,7-9,11-12,15H2,1-4H3,(H,27,32)/t20-/m1/s1. The van der Waals surface area contributed by atoms with Gasteiger partial charge < -0.3 is 10.2 Å². The Morgan fingerprint density at radius 2 is 2.09 bits per heavy atom. The minimum Gasteiger partial charge on any atom is -0.354 e. The molecule has 0 unspecified atom stereocenters. The van der Waals surface area contributed by atoms with Gasteiger partial charge in [-0.3, -0.25) is 14.6 Å². The lowest BCUT2D eigenvalue weighted by molar-refractivity contribution is -0.129. The van der Waals surface area contributed by atoms with Crippen LogP contribution in [0.2, 0.25) is 0 Å². The Morgan fingerprint density at radius 1 is 1.27 bits per heavy atom. The summed E-state index contributed by atoms with van der Waals surface area (Å²) in [6.07, 6.45) is 5.79. The number of nitrogens with one attached hydrogen (secondary N) is 1. The molecule has 8 nitrogen and oxygen atoms in total. The van der Waals surface area contributed by atoms with Gasteiger partial charge in [0, 0.05) is 61.3 Å². The molecule has 1 N–H and O–H groups in total. The van der Waals surface area contributed by atoms with E-state index in [1.165, 1.54) is 0 Å². The highest BCUT2D eigenvalue weighted by Gasteiger charge is 2.29. The summed E-state index contributed by atoms with van der Waals surface area (Å²) in [4.78, 5) is 35.6. The molecule has 0 aliphatic carbocycles.